The van der Waals surface area contributed by atoms with Gasteiger partial charge in [-0.1, -0.05) is 26.0 Å². The lowest BCUT2D eigenvalue weighted by molar-refractivity contribution is 0.473. The van der Waals surface area contributed by atoms with E-state index >= 15 is 0 Å². The molecule has 0 spiro atoms. The molecule has 6 nitrogen and oxygen atoms in total. The zero-order valence-corrected chi connectivity index (χ0v) is 14.6. The van der Waals surface area contributed by atoms with Crippen LogP contribution in [-0.4, -0.2) is 19.7 Å². The lowest BCUT2D eigenvalue weighted by Gasteiger charge is -2.15. The number of hydrogen-bond donors (Lipinski definition) is 2. The van der Waals surface area contributed by atoms with Gasteiger partial charge in [0.25, 0.3) is 0 Å². The van der Waals surface area contributed by atoms with E-state index in [4.69, 9.17) is 4.42 Å². The third-order valence-corrected chi connectivity index (χ3v) is 4.07. The summed E-state index contributed by atoms with van der Waals surface area (Å²) in [7, 11) is -3.28. The highest BCUT2D eigenvalue weighted by Crippen LogP contribution is 2.21. The van der Waals surface area contributed by atoms with Gasteiger partial charge in [0.1, 0.15) is 5.76 Å². The Hall–Kier alpha value is -1.86. The topological polar surface area (TPSA) is 84.2 Å². The van der Waals surface area contributed by atoms with Gasteiger partial charge in [-0.15, -0.1) is 0 Å². The summed E-state index contributed by atoms with van der Waals surface area (Å²) in [4.78, 5) is 4.25. The Morgan fingerprint density at radius 1 is 1.26 bits per heavy atom. The quantitative estimate of drug-likeness (QED) is 0.811. The monoisotopic (exact) mass is 337 g/mol. The summed E-state index contributed by atoms with van der Waals surface area (Å²) >= 11 is 0. The number of hydrogen-bond acceptors (Lipinski definition) is 5. The fourth-order valence-electron chi connectivity index (χ4n) is 2.33. The van der Waals surface area contributed by atoms with E-state index in [0.29, 0.717) is 12.2 Å². The molecular formula is C16H23N3O3S. The van der Waals surface area contributed by atoms with Gasteiger partial charge in [0.2, 0.25) is 10.0 Å². The number of nitrogens with zero attached hydrogens (tertiary/aromatic N) is 1. The molecule has 7 heteroatoms. The molecule has 0 fully saturated rings. The van der Waals surface area contributed by atoms with Crippen LogP contribution in [0.15, 0.2) is 35.1 Å². The molecule has 1 heterocycles. The SMILES string of the molecule is CC(C)c1ocnc1CN[C@H](C)c1cccc(NS(C)(=O)=O)c1. The standard InChI is InChI=1S/C16H23N3O3S/c1-11(2)16-15(18-10-22-16)9-17-12(3)13-6-5-7-14(8-13)19-23(4,20)21/h5-8,10-12,17,19H,9H2,1-4H3/t12-/m1/s1. The summed E-state index contributed by atoms with van der Waals surface area (Å²) in [6, 6.07) is 7.39. The van der Waals surface area contributed by atoms with Gasteiger partial charge in [-0.3, -0.25) is 4.72 Å². The summed E-state index contributed by atoms with van der Waals surface area (Å²) in [5, 5.41) is 3.39. The maximum atomic E-state index is 11.3. The molecule has 2 N–H and O–H groups in total. The molecular weight excluding hydrogens is 314 g/mol. The van der Waals surface area contributed by atoms with Gasteiger partial charge in [0, 0.05) is 24.2 Å². The zero-order valence-electron chi connectivity index (χ0n) is 13.8. The van der Waals surface area contributed by atoms with E-state index in [9.17, 15) is 8.42 Å². The number of rotatable bonds is 7. The molecule has 0 amide bonds. The Kier molecular flexibility index (Phi) is 5.43. The van der Waals surface area contributed by atoms with E-state index in [-0.39, 0.29) is 12.0 Å². The molecule has 1 atom stereocenters. The van der Waals surface area contributed by atoms with Gasteiger partial charge in [-0.05, 0) is 24.6 Å². The van der Waals surface area contributed by atoms with Gasteiger partial charge in [0.15, 0.2) is 6.39 Å². The normalized spacial score (nSPS) is 13.3. The maximum Gasteiger partial charge on any atom is 0.229 e. The molecule has 0 saturated carbocycles. The van der Waals surface area contributed by atoms with Crippen molar-refractivity contribution in [1.82, 2.24) is 10.3 Å². The first kappa shape index (κ1) is 17.5. The fourth-order valence-corrected chi connectivity index (χ4v) is 2.89. The van der Waals surface area contributed by atoms with Crippen LogP contribution in [0.25, 0.3) is 0 Å². The second-order valence-electron chi connectivity index (χ2n) is 5.92. The van der Waals surface area contributed by atoms with E-state index in [2.05, 4.69) is 28.9 Å². The molecule has 1 aromatic heterocycles. The second-order valence-corrected chi connectivity index (χ2v) is 7.67. The number of nitrogens with one attached hydrogen (secondary N) is 2. The first-order chi connectivity index (χ1) is 10.8. The van der Waals surface area contributed by atoms with Crippen LogP contribution in [0.5, 0.6) is 0 Å². The van der Waals surface area contributed by atoms with E-state index in [1.165, 1.54) is 6.39 Å². The van der Waals surface area contributed by atoms with Crippen LogP contribution in [0.3, 0.4) is 0 Å². The van der Waals surface area contributed by atoms with Gasteiger partial charge in [-0.2, -0.15) is 0 Å². The Balaban J connectivity index is 2.04. The third-order valence-electron chi connectivity index (χ3n) is 3.46. The molecule has 1 aromatic carbocycles. The molecule has 2 rings (SSSR count). The predicted octanol–water partition coefficient (Wildman–Crippen LogP) is 3.02. The van der Waals surface area contributed by atoms with Crippen LogP contribution >= 0.6 is 0 Å². The molecule has 0 aliphatic carbocycles. The van der Waals surface area contributed by atoms with Gasteiger partial charge >= 0.3 is 0 Å². The minimum Gasteiger partial charge on any atom is -0.448 e. The minimum absolute atomic E-state index is 0.0491. The highest BCUT2D eigenvalue weighted by Gasteiger charge is 2.14. The molecule has 0 saturated heterocycles. The van der Waals surface area contributed by atoms with Crippen molar-refractivity contribution in [3.63, 3.8) is 0 Å². The van der Waals surface area contributed by atoms with E-state index in [1.807, 2.05) is 25.1 Å². The zero-order chi connectivity index (χ0) is 17.0. The van der Waals surface area contributed by atoms with Crippen LogP contribution < -0.4 is 10.0 Å². The van der Waals surface area contributed by atoms with Crippen molar-refractivity contribution < 1.29 is 12.8 Å². The summed E-state index contributed by atoms with van der Waals surface area (Å²) in [5.74, 6) is 1.17. The summed E-state index contributed by atoms with van der Waals surface area (Å²) in [5.41, 5.74) is 2.45. The van der Waals surface area contributed by atoms with Crippen molar-refractivity contribution in [3.8, 4) is 0 Å². The van der Waals surface area contributed by atoms with E-state index < -0.39 is 10.0 Å². The smallest absolute Gasteiger partial charge is 0.229 e. The largest absolute Gasteiger partial charge is 0.448 e. The van der Waals surface area contributed by atoms with E-state index in [1.54, 1.807) is 6.07 Å². The second kappa shape index (κ2) is 7.14. The highest BCUT2D eigenvalue weighted by molar-refractivity contribution is 7.92. The molecule has 126 valence electrons. The molecule has 2 aromatic rings. The Morgan fingerprint density at radius 3 is 2.65 bits per heavy atom. The molecule has 0 aliphatic rings. The number of sulfonamides is 1. The van der Waals surface area contributed by atoms with Crippen LogP contribution in [-0.2, 0) is 16.6 Å². The van der Waals surface area contributed by atoms with Gasteiger partial charge in [-0.25, -0.2) is 13.4 Å². The summed E-state index contributed by atoms with van der Waals surface area (Å²) < 4.78 is 30.5. The van der Waals surface area contributed by atoms with Crippen molar-refractivity contribution in [3.05, 3.63) is 47.7 Å². The molecule has 0 bridgehead atoms. The van der Waals surface area contributed by atoms with Crippen LogP contribution in [0.2, 0.25) is 0 Å². The maximum absolute atomic E-state index is 11.3. The molecule has 0 radical (unpaired) electrons. The Bertz CT molecular complexity index is 753. The van der Waals surface area contributed by atoms with Crippen molar-refractivity contribution in [2.75, 3.05) is 11.0 Å². The van der Waals surface area contributed by atoms with Gasteiger partial charge in [0.05, 0.1) is 11.9 Å². The van der Waals surface area contributed by atoms with Gasteiger partial charge < -0.3 is 9.73 Å². The average Bonchev–Trinajstić information content (AvgIpc) is 2.91. The minimum atomic E-state index is -3.28. The van der Waals surface area contributed by atoms with Crippen molar-refractivity contribution in [2.45, 2.75) is 39.3 Å². The lowest BCUT2D eigenvalue weighted by Crippen LogP contribution is -2.19. The Labute approximate surface area is 137 Å². The van der Waals surface area contributed by atoms with Crippen LogP contribution in [0, 0.1) is 0 Å². The first-order valence-electron chi connectivity index (χ1n) is 7.49. The van der Waals surface area contributed by atoms with Crippen molar-refractivity contribution >= 4 is 15.7 Å². The predicted molar refractivity (Wildman–Crippen MR) is 90.8 cm³/mol. The Morgan fingerprint density at radius 2 is 2.00 bits per heavy atom. The van der Waals surface area contributed by atoms with E-state index in [0.717, 1.165) is 23.3 Å². The number of oxazole rings is 1. The fraction of sp³-hybridized carbons (Fsp3) is 0.438. The molecule has 0 unspecified atom stereocenters. The summed E-state index contributed by atoms with van der Waals surface area (Å²) in [6.07, 6.45) is 2.60. The van der Waals surface area contributed by atoms with Crippen LogP contribution in [0.1, 0.15) is 49.7 Å². The summed E-state index contributed by atoms with van der Waals surface area (Å²) in [6.45, 7) is 6.74. The van der Waals surface area contributed by atoms with Crippen molar-refractivity contribution in [1.29, 1.82) is 0 Å². The third kappa shape index (κ3) is 5.07. The highest BCUT2D eigenvalue weighted by atomic mass is 32.2. The first-order valence-corrected chi connectivity index (χ1v) is 9.39. The lowest BCUT2D eigenvalue weighted by atomic mass is 10.1. The number of anilines is 1. The van der Waals surface area contributed by atoms with Crippen LogP contribution in [0.4, 0.5) is 5.69 Å². The number of aromatic nitrogens is 1. The number of benzene rings is 1. The average molecular weight is 337 g/mol. The van der Waals surface area contributed by atoms with Crippen molar-refractivity contribution in [2.24, 2.45) is 0 Å². The molecule has 0 aliphatic heterocycles. The molecule has 23 heavy (non-hydrogen) atoms.